The Morgan fingerprint density at radius 3 is 2.81 bits per heavy atom. The fraction of sp³-hybridized carbons (Fsp3) is 0.333. The molecule has 1 aromatic carbocycles. The average Bonchev–Trinajstić information content (AvgIpc) is 2.78. The Labute approximate surface area is 126 Å². The number of benzene rings is 1. The van der Waals surface area contributed by atoms with Crippen LogP contribution >= 0.6 is 15.9 Å². The molecule has 0 radical (unpaired) electrons. The van der Waals surface area contributed by atoms with Gasteiger partial charge < -0.3 is 9.64 Å². The monoisotopic (exact) mass is 360 g/mol. The number of carbonyl (C=O) groups is 2. The number of ether oxygens (including phenoxy) is 1. The third-order valence-corrected chi connectivity index (χ3v) is 3.74. The number of nitrogens with zero attached hydrogens (tertiary/aromatic N) is 2. The summed E-state index contributed by atoms with van der Waals surface area (Å²) in [6, 6.07) is 1.76. The van der Waals surface area contributed by atoms with E-state index in [-0.39, 0.29) is 23.1 Å². The van der Waals surface area contributed by atoms with Crippen molar-refractivity contribution in [2.75, 3.05) is 18.6 Å². The normalized spacial score (nSPS) is 18.0. The zero-order chi connectivity index (χ0) is 15.7. The van der Waals surface area contributed by atoms with Crippen LogP contribution in [0.1, 0.15) is 6.42 Å². The quantitative estimate of drug-likeness (QED) is 0.467. The molecule has 2 rings (SSSR count). The summed E-state index contributed by atoms with van der Waals surface area (Å²) in [6.07, 6.45) is -0.104. The van der Waals surface area contributed by atoms with Gasteiger partial charge in [-0.25, -0.2) is 4.39 Å². The van der Waals surface area contributed by atoms with Gasteiger partial charge in [-0.05, 0) is 22.0 Å². The minimum Gasteiger partial charge on any atom is -0.469 e. The fourth-order valence-electron chi connectivity index (χ4n) is 2.21. The van der Waals surface area contributed by atoms with E-state index >= 15 is 0 Å². The van der Waals surface area contributed by atoms with Crippen LogP contribution in [0.25, 0.3) is 0 Å². The van der Waals surface area contributed by atoms with Gasteiger partial charge in [0, 0.05) is 13.0 Å². The molecular weight excluding hydrogens is 351 g/mol. The first-order valence-electron chi connectivity index (χ1n) is 5.86. The maximum Gasteiger partial charge on any atom is 0.311 e. The largest absolute Gasteiger partial charge is 0.469 e. The van der Waals surface area contributed by atoms with Gasteiger partial charge in [-0.3, -0.25) is 19.7 Å². The highest BCUT2D eigenvalue weighted by atomic mass is 79.9. The number of carbonyl (C=O) groups excluding carboxylic acids is 2. The van der Waals surface area contributed by atoms with Gasteiger partial charge in [0.2, 0.25) is 5.91 Å². The number of methoxy groups -OCH3 is 1. The number of rotatable bonds is 3. The molecule has 21 heavy (non-hydrogen) atoms. The molecule has 0 bridgehead atoms. The van der Waals surface area contributed by atoms with Crippen LogP contribution in [0.15, 0.2) is 16.6 Å². The molecule has 0 saturated carbocycles. The van der Waals surface area contributed by atoms with Crippen molar-refractivity contribution in [3.63, 3.8) is 0 Å². The van der Waals surface area contributed by atoms with E-state index in [0.717, 1.165) is 17.0 Å². The second kappa shape index (κ2) is 5.76. The first-order chi connectivity index (χ1) is 9.85. The Bertz CT molecular complexity index is 636. The van der Waals surface area contributed by atoms with Crippen LogP contribution in [-0.2, 0) is 14.3 Å². The predicted molar refractivity (Wildman–Crippen MR) is 73.2 cm³/mol. The maximum atomic E-state index is 13.3. The first-order valence-corrected chi connectivity index (χ1v) is 6.66. The molecule has 0 aliphatic carbocycles. The summed E-state index contributed by atoms with van der Waals surface area (Å²) < 4.78 is 17.9. The molecule has 0 N–H and O–H groups in total. The van der Waals surface area contributed by atoms with Gasteiger partial charge in [0.05, 0.1) is 28.5 Å². The third-order valence-electron chi connectivity index (χ3n) is 3.13. The van der Waals surface area contributed by atoms with Crippen LogP contribution in [0.2, 0.25) is 0 Å². The van der Waals surface area contributed by atoms with E-state index in [9.17, 15) is 24.1 Å². The lowest BCUT2D eigenvalue weighted by Crippen LogP contribution is -2.27. The van der Waals surface area contributed by atoms with Crippen LogP contribution in [0.3, 0.4) is 0 Å². The molecule has 0 spiro atoms. The highest BCUT2D eigenvalue weighted by Crippen LogP contribution is 2.39. The van der Waals surface area contributed by atoms with Crippen molar-refractivity contribution in [1.29, 1.82) is 0 Å². The summed E-state index contributed by atoms with van der Waals surface area (Å²) in [5.74, 6) is -2.51. The number of esters is 1. The van der Waals surface area contributed by atoms with Crippen LogP contribution in [-0.4, -0.2) is 30.5 Å². The highest BCUT2D eigenvalue weighted by Gasteiger charge is 2.39. The van der Waals surface area contributed by atoms with Gasteiger partial charge in [-0.2, -0.15) is 0 Å². The third kappa shape index (κ3) is 2.87. The van der Waals surface area contributed by atoms with Crippen LogP contribution in [0.5, 0.6) is 0 Å². The highest BCUT2D eigenvalue weighted by molar-refractivity contribution is 9.10. The predicted octanol–water partition coefficient (Wildman–Crippen LogP) is 2.02. The zero-order valence-electron chi connectivity index (χ0n) is 10.8. The van der Waals surface area contributed by atoms with Crippen molar-refractivity contribution in [2.45, 2.75) is 6.42 Å². The van der Waals surface area contributed by atoms with Crippen molar-refractivity contribution in [3.8, 4) is 0 Å². The van der Waals surface area contributed by atoms with E-state index in [2.05, 4.69) is 20.7 Å². The molecule has 1 unspecified atom stereocenters. The van der Waals surface area contributed by atoms with Crippen molar-refractivity contribution >= 4 is 39.2 Å². The van der Waals surface area contributed by atoms with Gasteiger partial charge in [-0.15, -0.1) is 0 Å². The SMILES string of the molecule is COC(=O)C1CC(=O)N(c2c(Br)cc(F)cc2[N+](=O)[O-])C1. The number of hydrogen-bond acceptors (Lipinski definition) is 5. The summed E-state index contributed by atoms with van der Waals surface area (Å²) in [6.45, 7) is -0.0451. The molecule has 9 heteroatoms. The van der Waals surface area contributed by atoms with Crippen molar-refractivity contribution in [2.24, 2.45) is 5.92 Å². The van der Waals surface area contributed by atoms with E-state index in [0.29, 0.717) is 0 Å². The Kier molecular flexibility index (Phi) is 4.21. The minimum absolute atomic E-state index is 0.0451. The van der Waals surface area contributed by atoms with Crippen LogP contribution in [0.4, 0.5) is 15.8 Å². The summed E-state index contributed by atoms with van der Waals surface area (Å²) in [4.78, 5) is 34.9. The van der Waals surface area contributed by atoms with E-state index in [4.69, 9.17) is 0 Å². The number of anilines is 1. The smallest absolute Gasteiger partial charge is 0.311 e. The van der Waals surface area contributed by atoms with Crippen LogP contribution in [0, 0.1) is 21.8 Å². The van der Waals surface area contributed by atoms with E-state index < -0.39 is 34.2 Å². The molecule has 0 aromatic heterocycles. The number of halogens is 2. The lowest BCUT2D eigenvalue weighted by molar-refractivity contribution is -0.384. The van der Waals surface area contributed by atoms with Crippen molar-refractivity contribution < 1.29 is 23.6 Å². The number of amides is 1. The summed E-state index contributed by atoms with van der Waals surface area (Å²) in [7, 11) is 1.20. The van der Waals surface area contributed by atoms with Gasteiger partial charge in [0.25, 0.3) is 5.69 Å². The molecule has 1 heterocycles. The molecule has 1 amide bonds. The van der Waals surface area contributed by atoms with E-state index in [1.807, 2.05) is 0 Å². The van der Waals surface area contributed by atoms with Gasteiger partial charge in [-0.1, -0.05) is 0 Å². The first kappa shape index (κ1) is 15.4. The minimum atomic E-state index is -0.798. The molecule has 1 saturated heterocycles. The lowest BCUT2D eigenvalue weighted by Gasteiger charge is -2.18. The van der Waals surface area contributed by atoms with Gasteiger partial charge in [0.1, 0.15) is 11.5 Å². The second-order valence-electron chi connectivity index (χ2n) is 4.44. The molecule has 1 atom stereocenters. The molecule has 1 aromatic rings. The van der Waals surface area contributed by atoms with E-state index in [1.165, 1.54) is 7.11 Å². The maximum absolute atomic E-state index is 13.3. The Morgan fingerprint density at radius 1 is 1.57 bits per heavy atom. The standard InChI is InChI=1S/C12H10BrFN2O5/c1-21-12(18)6-2-10(17)15(5-6)11-8(13)3-7(14)4-9(11)16(19)20/h3-4,6H,2,5H2,1H3. The Hall–Kier alpha value is -2.03. The molecule has 1 fully saturated rings. The molecular formula is C12H10BrFN2O5. The molecule has 112 valence electrons. The van der Waals surface area contributed by atoms with Crippen LogP contribution < -0.4 is 4.90 Å². The van der Waals surface area contributed by atoms with E-state index in [1.54, 1.807) is 0 Å². The average molecular weight is 361 g/mol. The topological polar surface area (TPSA) is 89.8 Å². The number of nitro benzene ring substituents is 1. The van der Waals surface area contributed by atoms with Gasteiger partial charge in [0.15, 0.2) is 0 Å². The fourth-order valence-corrected chi connectivity index (χ4v) is 2.84. The second-order valence-corrected chi connectivity index (χ2v) is 5.30. The number of hydrogen-bond donors (Lipinski definition) is 0. The summed E-state index contributed by atoms with van der Waals surface area (Å²) >= 11 is 3.02. The number of nitro groups is 1. The Balaban J connectivity index is 2.45. The molecule has 1 aliphatic rings. The van der Waals surface area contributed by atoms with Gasteiger partial charge >= 0.3 is 5.97 Å². The molecule has 7 nitrogen and oxygen atoms in total. The Morgan fingerprint density at radius 2 is 2.24 bits per heavy atom. The lowest BCUT2D eigenvalue weighted by atomic mass is 10.1. The van der Waals surface area contributed by atoms with Crippen molar-refractivity contribution in [1.82, 2.24) is 0 Å². The summed E-state index contributed by atoms with van der Waals surface area (Å²) in [5, 5.41) is 11.0. The van der Waals surface area contributed by atoms with Crippen molar-refractivity contribution in [3.05, 3.63) is 32.5 Å². The summed E-state index contributed by atoms with van der Waals surface area (Å²) in [5.41, 5.74) is -0.599. The zero-order valence-corrected chi connectivity index (χ0v) is 12.4. The molecule has 1 aliphatic heterocycles.